The molecule has 34 heavy (non-hydrogen) atoms. The molecule has 1 fully saturated rings. The first-order valence-electron chi connectivity index (χ1n) is 11.2. The van der Waals surface area contributed by atoms with Crippen molar-refractivity contribution in [3.63, 3.8) is 0 Å². The molecular formula is C27H27NO6. The van der Waals surface area contributed by atoms with E-state index in [1.54, 1.807) is 42.5 Å². The summed E-state index contributed by atoms with van der Waals surface area (Å²) in [7, 11) is 0. The predicted octanol–water partition coefficient (Wildman–Crippen LogP) is 5.01. The first kappa shape index (κ1) is 23.2. The third-order valence-electron chi connectivity index (χ3n) is 5.65. The summed E-state index contributed by atoms with van der Waals surface area (Å²) in [5.41, 5.74) is 2.11. The SMILES string of the molecule is CCOc1ccc(C2C(=C(O)c3ccc(C)cc3)C(=O)C(=O)N2Cc2ccco2)cc1OCC. The highest BCUT2D eigenvalue weighted by atomic mass is 16.5. The van der Waals surface area contributed by atoms with Crippen LogP contribution in [0.25, 0.3) is 5.76 Å². The Morgan fingerprint density at radius 2 is 1.71 bits per heavy atom. The fourth-order valence-corrected chi connectivity index (χ4v) is 4.06. The number of benzene rings is 2. The van der Waals surface area contributed by atoms with Crippen molar-refractivity contribution in [2.45, 2.75) is 33.4 Å². The Bertz CT molecular complexity index is 1210. The molecule has 7 heteroatoms. The Morgan fingerprint density at radius 3 is 2.35 bits per heavy atom. The van der Waals surface area contributed by atoms with E-state index in [0.717, 1.165) is 5.56 Å². The van der Waals surface area contributed by atoms with Crippen LogP contribution >= 0.6 is 0 Å². The quantitative estimate of drug-likeness (QED) is 0.288. The van der Waals surface area contributed by atoms with Crippen LogP contribution in [0.4, 0.5) is 0 Å². The number of carbonyl (C=O) groups excluding carboxylic acids is 2. The van der Waals surface area contributed by atoms with Crippen LogP contribution in [0.15, 0.2) is 70.9 Å². The standard InChI is InChI=1S/C27H27NO6/c1-4-32-21-13-12-19(15-22(21)33-5-2)24-23(25(29)18-10-8-17(3)9-11-18)26(30)27(31)28(24)16-20-7-6-14-34-20/h6-15,24,29H,4-5,16H2,1-3H3. The van der Waals surface area contributed by atoms with Gasteiger partial charge in [0.25, 0.3) is 11.7 Å². The molecule has 0 spiro atoms. The van der Waals surface area contributed by atoms with Gasteiger partial charge < -0.3 is 23.9 Å². The van der Waals surface area contributed by atoms with Gasteiger partial charge in [0.05, 0.1) is 37.6 Å². The van der Waals surface area contributed by atoms with Gasteiger partial charge in [0.1, 0.15) is 11.5 Å². The molecule has 176 valence electrons. The van der Waals surface area contributed by atoms with Gasteiger partial charge in [0.2, 0.25) is 0 Å². The summed E-state index contributed by atoms with van der Waals surface area (Å²) in [6.07, 6.45) is 1.51. The zero-order valence-electron chi connectivity index (χ0n) is 19.4. The topological polar surface area (TPSA) is 89.2 Å². The Morgan fingerprint density at radius 1 is 1.00 bits per heavy atom. The van der Waals surface area contributed by atoms with Crippen molar-refractivity contribution in [2.24, 2.45) is 0 Å². The number of furan rings is 1. The minimum atomic E-state index is -0.832. The molecule has 3 aromatic rings. The number of amides is 1. The van der Waals surface area contributed by atoms with Crippen molar-refractivity contribution in [1.82, 2.24) is 4.90 Å². The van der Waals surface area contributed by atoms with E-state index in [2.05, 4.69) is 0 Å². The predicted molar refractivity (Wildman–Crippen MR) is 127 cm³/mol. The molecule has 0 aliphatic carbocycles. The summed E-state index contributed by atoms with van der Waals surface area (Å²) in [5.74, 6) is -0.0888. The van der Waals surface area contributed by atoms with E-state index >= 15 is 0 Å². The van der Waals surface area contributed by atoms with Crippen LogP contribution in [-0.2, 0) is 16.1 Å². The van der Waals surface area contributed by atoms with Gasteiger partial charge in [0.15, 0.2) is 11.5 Å². The van der Waals surface area contributed by atoms with Crippen molar-refractivity contribution >= 4 is 17.4 Å². The molecule has 1 aliphatic heterocycles. The highest BCUT2D eigenvalue weighted by Gasteiger charge is 2.46. The molecule has 2 aromatic carbocycles. The lowest BCUT2D eigenvalue weighted by atomic mass is 9.94. The molecule has 2 heterocycles. The minimum absolute atomic E-state index is 0.0204. The average Bonchev–Trinajstić information content (AvgIpc) is 3.43. The van der Waals surface area contributed by atoms with Crippen LogP contribution < -0.4 is 9.47 Å². The average molecular weight is 462 g/mol. The molecule has 1 N–H and O–H groups in total. The third-order valence-corrected chi connectivity index (χ3v) is 5.65. The van der Waals surface area contributed by atoms with Crippen LogP contribution in [-0.4, -0.2) is 34.9 Å². The summed E-state index contributed by atoms with van der Waals surface area (Å²) in [6, 6.07) is 15.0. The normalized spacial score (nSPS) is 17.3. The number of hydrogen-bond donors (Lipinski definition) is 1. The Kier molecular flexibility index (Phi) is 6.72. The maximum Gasteiger partial charge on any atom is 0.296 e. The fourth-order valence-electron chi connectivity index (χ4n) is 4.06. The van der Waals surface area contributed by atoms with Gasteiger partial charge in [-0.25, -0.2) is 0 Å². The number of nitrogens with zero attached hydrogens (tertiary/aromatic N) is 1. The van der Waals surface area contributed by atoms with Gasteiger partial charge in [-0.15, -0.1) is 0 Å². The highest BCUT2D eigenvalue weighted by Crippen LogP contribution is 2.42. The fraction of sp³-hybridized carbons (Fsp3) is 0.259. The van der Waals surface area contributed by atoms with E-state index in [1.165, 1.54) is 11.2 Å². The molecule has 7 nitrogen and oxygen atoms in total. The maximum atomic E-state index is 13.2. The minimum Gasteiger partial charge on any atom is -0.507 e. The Balaban J connectivity index is 1.87. The number of ketones is 1. The summed E-state index contributed by atoms with van der Waals surface area (Å²) in [6.45, 7) is 6.63. The van der Waals surface area contributed by atoms with E-state index in [1.807, 2.05) is 32.9 Å². The Hall–Kier alpha value is -4.00. The lowest BCUT2D eigenvalue weighted by molar-refractivity contribution is -0.140. The largest absolute Gasteiger partial charge is 0.507 e. The zero-order valence-corrected chi connectivity index (χ0v) is 19.4. The number of aliphatic hydroxyl groups is 1. The van der Waals surface area contributed by atoms with Crippen LogP contribution in [0.2, 0.25) is 0 Å². The monoisotopic (exact) mass is 461 g/mol. The molecule has 0 saturated carbocycles. The number of aryl methyl sites for hydroxylation is 1. The highest BCUT2D eigenvalue weighted by molar-refractivity contribution is 6.46. The molecule has 0 radical (unpaired) electrons. The van der Waals surface area contributed by atoms with Crippen LogP contribution in [0.3, 0.4) is 0 Å². The van der Waals surface area contributed by atoms with E-state index < -0.39 is 17.7 Å². The maximum absolute atomic E-state index is 13.2. The second-order valence-corrected chi connectivity index (χ2v) is 7.94. The van der Waals surface area contributed by atoms with Crippen molar-refractivity contribution in [3.05, 3.63) is 88.9 Å². The lowest BCUT2D eigenvalue weighted by Gasteiger charge is -2.25. The molecule has 4 rings (SSSR count). The van der Waals surface area contributed by atoms with Crippen molar-refractivity contribution in [2.75, 3.05) is 13.2 Å². The molecular weight excluding hydrogens is 434 g/mol. The lowest BCUT2D eigenvalue weighted by Crippen LogP contribution is -2.29. The van der Waals surface area contributed by atoms with Gasteiger partial charge in [-0.05, 0) is 50.6 Å². The molecule has 1 aromatic heterocycles. The number of rotatable bonds is 8. The van der Waals surface area contributed by atoms with Crippen LogP contribution in [0.5, 0.6) is 11.5 Å². The van der Waals surface area contributed by atoms with Gasteiger partial charge in [-0.1, -0.05) is 35.9 Å². The van der Waals surface area contributed by atoms with E-state index in [-0.39, 0.29) is 17.9 Å². The van der Waals surface area contributed by atoms with Gasteiger partial charge in [0, 0.05) is 5.56 Å². The van der Waals surface area contributed by atoms with Crippen molar-refractivity contribution < 1.29 is 28.6 Å². The smallest absolute Gasteiger partial charge is 0.296 e. The molecule has 1 unspecified atom stereocenters. The first-order chi connectivity index (χ1) is 16.4. The van der Waals surface area contributed by atoms with E-state index in [0.29, 0.717) is 41.6 Å². The van der Waals surface area contributed by atoms with Crippen molar-refractivity contribution in [3.8, 4) is 11.5 Å². The molecule has 1 atom stereocenters. The number of hydrogen-bond acceptors (Lipinski definition) is 6. The van der Waals surface area contributed by atoms with Crippen LogP contribution in [0.1, 0.15) is 42.3 Å². The number of likely N-dealkylation sites (tertiary alicyclic amines) is 1. The van der Waals surface area contributed by atoms with E-state index in [4.69, 9.17) is 13.9 Å². The number of ether oxygens (including phenoxy) is 2. The van der Waals surface area contributed by atoms with Crippen molar-refractivity contribution in [1.29, 1.82) is 0 Å². The number of aliphatic hydroxyl groups excluding tert-OH is 1. The molecule has 0 bridgehead atoms. The van der Waals surface area contributed by atoms with Crippen LogP contribution in [0, 0.1) is 6.92 Å². The van der Waals surface area contributed by atoms with Gasteiger partial charge >= 0.3 is 0 Å². The second-order valence-electron chi connectivity index (χ2n) is 7.94. The summed E-state index contributed by atoms with van der Waals surface area (Å²) in [5, 5.41) is 11.2. The zero-order chi connectivity index (χ0) is 24.2. The summed E-state index contributed by atoms with van der Waals surface area (Å²) in [4.78, 5) is 27.7. The molecule has 1 amide bonds. The van der Waals surface area contributed by atoms with Gasteiger partial charge in [-0.3, -0.25) is 9.59 Å². The molecule has 1 saturated heterocycles. The first-order valence-corrected chi connectivity index (χ1v) is 11.2. The number of carbonyl (C=O) groups is 2. The summed E-state index contributed by atoms with van der Waals surface area (Å²) < 4.78 is 16.9. The van der Waals surface area contributed by atoms with Gasteiger partial charge in [-0.2, -0.15) is 0 Å². The Labute approximate surface area is 198 Å². The third kappa shape index (κ3) is 4.41. The summed E-state index contributed by atoms with van der Waals surface area (Å²) >= 11 is 0. The van der Waals surface area contributed by atoms with E-state index in [9.17, 15) is 14.7 Å². The molecule has 1 aliphatic rings. The second kappa shape index (κ2) is 9.87. The number of Topliss-reactive ketones (excluding diaryl/α,β-unsaturated/α-hetero) is 1.